The van der Waals surface area contributed by atoms with Crippen molar-refractivity contribution in [2.75, 3.05) is 19.8 Å². The molecule has 10 heteroatoms. The lowest BCUT2D eigenvalue weighted by Gasteiger charge is -2.64. The number of aliphatic hydroxyl groups is 1. The number of rotatable bonds is 8. The lowest BCUT2D eigenvalue weighted by molar-refractivity contribution is -0.258. The summed E-state index contributed by atoms with van der Waals surface area (Å²) in [6, 6.07) is 0. The van der Waals surface area contributed by atoms with Crippen molar-refractivity contribution in [3.05, 3.63) is 23.3 Å². The van der Waals surface area contributed by atoms with E-state index in [2.05, 4.69) is 0 Å². The van der Waals surface area contributed by atoms with Crippen LogP contribution in [0, 0.1) is 22.7 Å². The average Bonchev–Trinajstić information content (AvgIpc) is 3.52. The first-order valence-corrected chi connectivity index (χ1v) is 13.6. The highest BCUT2D eigenvalue weighted by atomic mass is 16.6. The average molecular weight is 549 g/mol. The third kappa shape index (κ3) is 5.13. The Balaban J connectivity index is 1.87. The number of epoxide rings is 1. The van der Waals surface area contributed by atoms with E-state index in [0.29, 0.717) is 37.0 Å². The van der Waals surface area contributed by atoms with Gasteiger partial charge < -0.3 is 28.8 Å². The summed E-state index contributed by atoms with van der Waals surface area (Å²) in [5.41, 5.74) is -1.56. The molecule has 216 valence electrons. The molecule has 0 aromatic rings. The summed E-state index contributed by atoms with van der Waals surface area (Å²) in [7, 11) is 0. The Bertz CT molecular complexity index is 1090. The van der Waals surface area contributed by atoms with Gasteiger partial charge in [0.2, 0.25) is 0 Å². The van der Waals surface area contributed by atoms with E-state index in [1.54, 1.807) is 19.9 Å². The van der Waals surface area contributed by atoms with E-state index in [9.17, 15) is 24.3 Å². The smallest absolute Gasteiger partial charge is 0.333 e. The van der Waals surface area contributed by atoms with Crippen LogP contribution in [0.15, 0.2) is 23.3 Å². The Morgan fingerprint density at radius 2 is 1.90 bits per heavy atom. The molecule has 1 spiro atoms. The minimum Gasteiger partial charge on any atom is -0.465 e. The SMILES string of the molecule is C/C=C(\C)C(=O)O[C@@H]1CC[C@]2(CO2)[C@]2(COC(C)=O)[C@@H](OC(C)=O)C[C@@H](C)[C@](C)(C[C@H](O)C3=CC(=O)OC3)[C@@H]12. The van der Waals surface area contributed by atoms with Crippen LogP contribution in [-0.2, 0) is 42.9 Å². The molecular weight excluding hydrogens is 508 g/mol. The van der Waals surface area contributed by atoms with Crippen LogP contribution in [0.5, 0.6) is 0 Å². The summed E-state index contributed by atoms with van der Waals surface area (Å²) >= 11 is 0. The molecule has 4 aliphatic rings. The van der Waals surface area contributed by atoms with Crippen molar-refractivity contribution < 1.29 is 48.0 Å². The molecule has 1 N–H and O–H groups in total. The number of allylic oxidation sites excluding steroid dienone is 1. The maximum Gasteiger partial charge on any atom is 0.333 e. The minimum atomic E-state index is -1.03. The Hall–Kier alpha value is -2.72. The molecule has 3 fully saturated rings. The zero-order valence-electron chi connectivity index (χ0n) is 23.6. The van der Waals surface area contributed by atoms with E-state index < -0.39 is 64.5 Å². The molecule has 0 aromatic carbocycles. The van der Waals surface area contributed by atoms with Crippen LogP contribution in [0.4, 0.5) is 0 Å². The second-order valence-electron chi connectivity index (χ2n) is 11.8. The highest BCUT2D eigenvalue weighted by Gasteiger charge is 2.77. The van der Waals surface area contributed by atoms with Crippen molar-refractivity contribution in [1.29, 1.82) is 0 Å². The Morgan fingerprint density at radius 3 is 2.44 bits per heavy atom. The number of fused-ring (bicyclic) bond motifs is 2. The van der Waals surface area contributed by atoms with Crippen molar-refractivity contribution >= 4 is 23.9 Å². The van der Waals surface area contributed by atoms with E-state index in [-0.39, 0.29) is 25.6 Å². The monoisotopic (exact) mass is 548 g/mol. The normalized spacial score (nSPS) is 38.3. The van der Waals surface area contributed by atoms with Crippen LogP contribution in [0.3, 0.4) is 0 Å². The van der Waals surface area contributed by atoms with E-state index in [0.717, 1.165) is 0 Å². The molecule has 0 unspecified atom stereocenters. The summed E-state index contributed by atoms with van der Waals surface area (Å²) in [4.78, 5) is 49.4. The molecule has 2 aliphatic heterocycles. The largest absolute Gasteiger partial charge is 0.465 e. The summed E-state index contributed by atoms with van der Waals surface area (Å²) in [6.45, 7) is 10.5. The number of hydrogen-bond donors (Lipinski definition) is 1. The topological polar surface area (TPSA) is 138 Å². The van der Waals surface area contributed by atoms with Gasteiger partial charge >= 0.3 is 23.9 Å². The third-order valence-corrected chi connectivity index (χ3v) is 9.66. The van der Waals surface area contributed by atoms with Crippen molar-refractivity contribution in [3.8, 4) is 0 Å². The maximum absolute atomic E-state index is 13.1. The zero-order chi connectivity index (χ0) is 28.8. The molecule has 2 heterocycles. The molecule has 0 bridgehead atoms. The zero-order valence-corrected chi connectivity index (χ0v) is 23.6. The van der Waals surface area contributed by atoms with Gasteiger partial charge in [0, 0.05) is 37.0 Å². The first-order valence-electron chi connectivity index (χ1n) is 13.6. The molecule has 1 saturated heterocycles. The number of carbonyl (C=O) groups is 4. The molecular formula is C29H40O10. The van der Waals surface area contributed by atoms with E-state index >= 15 is 0 Å². The molecule has 0 amide bonds. The van der Waals surface area contributed by atoms with Crippen LogP contribution >= 0.6 is 0 Å². The van der Waals surface area contributed by atoms with Gasteiger partial charge in [-0.25, -0.2) is 9.59 Å². The number of carbonyl (C=O) groups excluding carboxylic acids is 4. The van der Waals surface area contributed by atoms with Crippen LogP contribution < -0.4 is 0 Å². The molecule has 8 atom stereocenters. The van der Waals surface area contributed by atoms with Crippen LogP contribution in [-0.4, -0.2) is 72.7 Å². The minimum absolute atomic E-state index is 0.00967. The summed E-state index contributed by atoms with van der Waals surface area (Å²) < 4.78 is 29.0. The fourth-order valence-electron chi connectivity index (χ4n) is 7.33. The first kappa shape index (κ1) is 29.3. The van der Waals surface area contributed by atoms with Crippen molar-refractivity contribution in [3.63, 3.8) is 0 Å². The van der Waals surface area contributed by atoms with Gasteiger partial charge in [-0.3, -0.25) is 9.59 Å². The fraction of sp³-hybridized carbons (Fsp3) is 0.724. The van der Waals surface area contributed by atoms with Crippen LogP contribution in [0.1, 0.15) is 67.2 Å². The van der Waals surface area contributed by atoms with Gasteiger partial charge in [0.25, 0.3) is 0 Å². The summed E-state index contributed by atoms with van der Waals surface area (Å²) in [6.07, 6.45) is 2.35. The molecule has 0 radical (unpaired) electrons. The molecule has 2 aliphatic carbocycles. The highest BCUT2D eigenvalue weighted by Crippen LogP contribution is 2.69. The van der Waals surface area contributed by atoms with Gasteiger partial charge in [-0.05, 0) is 50.9 Å². The predicted molar refractivity (Wildman–Crippen MR) is 137 cm³/mol. The summed E-state index contributed by atoms with van der Waals surface area (Å²) in [5, 5.41) is 11.3. The van der Waals surface area contributed by atoms with Crippen molar-refractivity contribution in [2.45, 2.75) is 91.1 Å². The molecule has 0 aromatic heterocycles. The number of hydrogen-bond acceptors (Lipinski definition) is 10. The van der Waals surface area contributed by atoms with E-state index in [1.807, 2.05) is 13.8 Å². The number of ether oxygens (including phenoxy) is 5. The maximum atomic E-state index is 13.1. The van der Waals surface area contributed by atoms with Gasteiger partial charge in [-0.1, -0.05) is 19.9 Å². The van der Waals surface area contributed by atoms with Gasteiger partial charge in [0.15, 0.2) is 0 Å². The van der Waals surface area contributed by atoms with E-state index in [4.69, 9.17) is 23.7 Å². The number of cyclic esters (lactones) is 1. The van der Waals surface area contributed by atoms with Gasteiger partial charge in [0.1, 0.15) is 31.0 Å². The molecule has 10 nitrogen and oxygen atoms in total. The lowest BCUT2D eigenvalue weighted by atomic mass is 9.42. The number of aliphatic hydroxyl groups excluding tert-OH is 1. The van der Waals surface area contributed by atoms with Crippen molar-refractivity contribution in [2.24, 2.45) is 22.7 Å². The van der Waals surface area contributed by atoms with Gasteiger partial charge in [0.05, 0.1) is 18.1 Å². The number of esters is 4. The Labute approximate surface area is 229 Å². The Morgan fingerprint density at radius 1 is 1.21 bits per heavy atom. The van der Waals surface area contributed by atoms with Crippen molar-refractivity contribution in [1.82, 2.24) is 0 Å². The molecule has 2 saturated carbocycles. The quantitative estimate of drug-likeness (QED) is 0.209. The first-order chi connectivity index (χ1) is 18.3. The second kappa shape index (κ2) is 10.7. The lowest BCUT2D eigenvalue weighted by Crippen LogP contribution is -2.71. The summed E-state index contributed by atoms with van der Waals surface area (Å²) in [5.74, 6) is -2.56. The molecule has 39 heavy (non-hydrogen) atoms. The Kier molecular flexibility index (Phi) is 8.02. The molecule has 4 rings (SSSR count). The predicted octanol–water partition coefficient (Wildman–Crippen LogP) is 2.80. The van der Waals surface area contributed by atoms with Gasteiger partial charge in [-0.15, -0.1) is 0 Å². The van der Waals surface area contributed by atoms with E-state index in [1.165, 1.54) is 19.9 Å². The third-order valence-electron chi connectivity index (χ3n) is 9.66. The standard InChI is InChI=1S/C29H40O10/c1-7-16(2)26(34)39-22-8-9-28(14-37-28)29(15-36-18(4)30)23(38-19(5)31)10-17(3)27(6,25(22)29)12-21(32)20-11-24(33)35-13-20/h7,11,17,21-23,25,32H,8-10,12-15H2,1-6H3/b16-7+/t17-,21+,22-,23+,25-,27+,28+,29-/m1/s1. The fourth-order valence-corrected chi connectivity index (χ4v) is 7.33. The van der Waals surface area contributed by atoms with Gasteiger partial charge in [-0.2, -0.15) is 0 Å². The second-order valence-corrected chi connectivity index (χ2v) is 11.8. The van der Waals surface area contributed by atoms with Crippen LogP contribution in [0.25, 0.3) is 0 Å². The highest BCUT2D eigenvalue weighted by molar-refractivity contribution is 5.87. The van der Waals surface area contributed by atoms with Crippen LogP contribution in [0.2, 0.25) is 0 Å².